The van der Waals surface area contributed by atoms with Crippen molar-refractivity contribution in [3.05, 3.63) is 11.2 Å². The van der Waals surface area contributed by atoms with Crippen LogP contribution in [-0.2, 0) is 0 Å². The third-order valence-corrected chi connectivity index (χ3v) is 0.991. The van der Waals surface area contributed by atoms with Gasteiger partial charge in [-0.25, -0.2) is 9.82 Å². The van der Waals surface area contributed by atoms with Crippen molar-refractivity contribution >= 4 is 17.8 Å². The van der Waals surface area contributed by atoms with E-state index >= 15 is 0 Å². The van der Waals surface area contributed by atoms with Crippen molar-refractivity contribution in [1.82, 2.24) is 10.9 Å². The zero-order chi connectivity index (χ0) is 8.53. The fourth-order valence-electron chi connectivity index (χ4n) is 0.400. The first-order valence-corrected chi connectivity index (χ1v) is 3.51. The summed E-state index contributed by atoms with van der Waals surface area (Å²) in [6.07, 6.45) is 2.97. The summed E-state index contributed by atoms with van der Waals surface area (Å²) in [7, 11) is 1.62. The summed E-state index contributed by atoms with van der Waals surface area (Å²) < 4.78 is 11.5. The van der Waals surface area contributed by atoms with E-state index in [0.717, 1.165) is 0 Å². The number of halogens is 2. The average Bonchev–Trinajstić information content (AvgIpc) is 1.99. The molecule has 0 saturated carbocycles. The molecule has 0 aliphatic rings. The van der Waals surface area contributed by atoms with Gasteiger partial charge in [-0.2, -0.15) is 0 Å². The van der Waals surface area contributed by atoms with Gasteiger partial charge in [0.15, 0.2) is 0 Å². The zero-order valence-electron chi connectivity index (χ0n) is 6.27. The van der Waals surface area contributed by atoms with E-state index in [1.54, 1.807) is 7.05 Å². The van der Waals surface area contributed by atoms with E-state index in [-0.39, 0.29) is 6.54 Å². The average molecular weight is 180 g/mol. The van der Waals surface area contributed by atoms with Crippen LogP contribution >= 0.6 is 11.6 Å². The Kier molecular flexibility index (Phi) is 7.08. The number of nitrogens with zero attached hydrogens (tertiary/aromatic N) is 1. The van der Waals surface area contributed by atoms with E-state index in [2.05, 4.69) is 15.8 Å². The molecule has 0 rings (SSSR count). The molecule has 0 aromatic heterocycles. The van der Waals surface area contributed by atoms with Gasteiger partial charge in [0.25, 0.3) is 0 Å². The molecule has 0 aromatic rings. The van der Waals surface area contributed by atoms with Crippen molar-refractivity contribution in [2.75, 3.05) is 20.3 Å². The molecule has 64 valence electrons. The molecule has 0 aliphatic heterocycles. The lowest BCUT2D eigenvalue weighted by Crippen LogP contribution is -2.28. The first-order chi connectivity index (χ1) is 5.31. The van der Waals surface area contributed by atoms with E-state index in [0.29, 0.717) is 5.03 Å². The minimum Gasteiger partial charge on any atom is -0.327 e. The molecule has 0 spiro atoms. The van der Waals surface area contributed by atoms with Gasteiger partial charge >= 0.3 is 0 Å². The molecule has 0 radical (unpaired) electrons. The van der Waals surface area contributed by atoms with Crippen molar-refractivity contribution in [2.24, 2.45) is 4.99 Å². The van der Waals surface area contributed by atoms with Gasteiger partial charge in [0.1, 0.15) is 6.67 Å². The Bertz CT molecular complexity index is 147. The molecule has 0 fully saturated rings. The fraction of sp³-hybridized carbons (Fsp3) is 0.500. The van der Waals surface area contributed by atoms with Gasteiger partial charge in [-0.15, -0.1) is 0 Å². The van der Waals surface area contributed by atoms with Crippen molar-refractivity contribution in [1.29, 1.82) is 0 Å². The molecular weight excluding hydrogens is 169 g/mol. The van der Waals surface area contributed by atoms with Crippen LogP contribution < -0.4 is 10.9 Å². The molecule has 0 bridgehead atoms. The highest BCUT2D eigenvalue weighted by Crippen LogP contribution is 1.92. The fourth-order valence-corrected chi connectivity index (χ4v) is 0.552. The lowest BCUT2D eigenvalue weighted by atomic mass is 10.6. The second-order valence-electron chi connectivity index (χ2n) is 1.68. The monoisotopic (exact) mass is 179 g/mol. The van der Waals surface area contributed by atoms with Crippen molar-refractivity contribution in [2.45, 2.75) is 0 Å². The lowest BCUT2D eigenvalue weighted by molar-refractivity contribution is 0.453. The third kappa shape index (κ3) is 7.29. The van der Waals surface area contributed by atoms with Gasteiger partial charge in [0.05, 0.1) is 5.03 Å². The summed E-state index contributed by atoms with van der Waals surface area (Å²) in [5.41, 5.74) is 5.17. The quantitative estimate of drug-likeness (QED) is 0.373. The Morgan fingerprint density at radius 3 is 3.00 bits per heavy atom. The Morgan fingerprint density at radius 2 is 2.45 bits per heavy atom. The molecule has 0 aliphatic carbocycles. The van der Waals surface area contributed by atoms with Crippen molar-refractivity contribution in [3.8, 4) is 0 Å². The van der Waals surface area contributed by atoms with Crippen LogP contribution in [0.2, 0.25) is 0 Å². The first-order valence-electron chi connectivity index (χ1n) is 3.13. The summed E-state index contributed by atoms with van der Waals surface area (Å²) in [6, 6.07) is 0. The molecule has 3 nitrogen and oxygen atoms in total. The van der Waals surface area contributed by atoms with Crippen LogP contribution in [-0.4, -0.2) is 26.5 Å². The maximum atomic E-state index is 11.5. The summed E-state index contributed by atoms with van der Waals surface area (Å²) in [4.78, 5) is 3.67. The molecule has 0 saturated heterocycles. The number of allylic oxidation sites excluding steroid dienone is 1. The van der Waals surface area contributed by atoms with E-state index in [1.165, 1.54) is 12.4 Å². The number of alkyl halides is 1. The molecule has 5 heteroatoms. The Hall–Kier alpha value is -0.610. The summed E-state index contributed by atoms with van der Waals surface area (Å²) >= 11 is 5.58. The van der Waals surface area contributed by atoms with Gasteiger partial charge in [-0.05, 0) is 0 Å². The van der Waals surface area contributed by atoms with Gasteiger partial charge in [-0.3, -0.25) is 4.99 Å². The summed E-state index contributed by atoms with van der Waals surface area (Å²) in [5, 5.41) is 0.457. The molecule has 11 heavy (non-hydrogen) atoms. The molecule has 0 heterocycles. The molecule has 0 aromatic carbocycles. The highest BCUT2D eigenvalue weighted by Gasteiger charge is 1.83. The molecular formula is C6H11ClFN3. The lowest BCUT2D eigenvalue weighted by Gasteiger charge is -1.99. The van der Waals surface area contributed by atoms with Gasteiger partial charge < -0.3 is 5.43 Å². The van der Waals surface area contributed by atoms with Crippen LogP contribution in [0.5, 0.6) is 0 Å². The smallest absolute Gasteiger partial charge is 0.104 e. The van der Waals surface area contributed by atoms with Crippen LogP contribution in [0.15, 0.2) is 16.2 Å². The van der Waals surface area contributed by atoms with E-state index in [4.69, 9.17) is 11.6 Å². The van der Waals surface area contributed by atoms with E-state index in [9.17, 15) is 4.39 Å². The number of nitrogens with one attached hydrogen (secondary N) is 2. The normalized spacial score (nSPS) is 12.5. The third-order valence-electron chi connectivity index (χ3n) is 0.784. The maximum Gasteiger partial charge on any atom is 0.104 e. The van der Waals surface area contributed by atoms with Crippen molar-refractivity contribution in [3.63, 3.8) is 0 Å². The predicted octanol–water partition coefficient (Wildman–Crippen LogP) is 0.831. The van der Waals surface area contributed by atoms with Crippen LogP contribution in [0.3, 0.4) is 0 Å². The molecule has 2 N–H and O–H groups in total. The topological polar surface area (TPSA) is 36.4 Å². The van der Waals surface area contributed by atoms with Crippen LogP contribution in [0.4, 0.5) is 4.39 Å². The van der Waals surface area contributed by atoms with Crippen LogP contribution in [0, 0.1) is 0 Å². The van der Waals surface area contributed by atoms with Gasteiger partial charge in [0.2, 0.25) is 0 Å². The summed E-state index contributed by atoms with van der Waals surface area (Å²) in [6.45, 7) is -0.162. The first kappa shape index (κ1) is 10.4. The predicted molar refractivity (Wildman–Crippen MR) is 45.5 cm³/mol. The van der Waals surface area contributed by atoms with Gasteiger partial charge in [0, 0.05) is 26.0 Å². The number of aliphatic imine (C=N–C) groups is 1. The SMILES string of the molecule is CN=CC(Cl)=CNNCCF. The number of hydrogen-bond donors (Lipinski definition) is 2. The highest BCUT2D eigenvalue weighted by atomic mass is 35.5. The molecule has 0 amide bonds. The standard InChI is InChI=1S/C6H11ClFN3/c1-9-4-6(7)5-11-10-3-2-8/h4-5,10-11H,2-3H2,1H3. The largest absolute Gasteiger partial charge is 0.327 e. The Labute approximate surface area is 70.3 Å². The highest BCUT2D eigenvalue weighted by molar-refractivity contribution is 6.39. The summed E-state index contributed by atoms with van der Waals surface area (Å²) in [5.74, 6) is 0. The second-order valence-corrected chi connectivity index (χ2v) is 2.11. The number of rotatable bonds is 5. The van der Waals surface area contributed by atoms with Crippen molar-refractivity contribution < 1.29 is 4.39 Å². The zero-order valence-corrected chi connectivity index (χ0v) is 7.03. The molecule has 0 unspecified atom stereocenters. The second kappa shape index (κ2) is 7.50. The minimum absolute atomic E-state index is 0.254. The minimum atomic E-state index is -0.416. The van der Waals surface area contributed by atoms with Crippen LogP contribution in [0.1, 0.15) is 0 Å². The van der Waals surface area contributed by atoms with E-state index < -0.39 is 6.67 Å². The van der Waals surface area contributed by atoms with E-state index in [1.807, 2.05) is 0 Å². The van der Waals surface area contributed by atoms with Crippen LogP contribution in [0.25, 0.3) is 0 Å². The molecule has 0 atom stereocenters. The van der Waals surface area contributed by atoms with Gasteiger partial charge in [-0.1, -0.05) is 11.6 Å². The Balaban J connectivity index is 3.40. The number of hydrogen-bond acceptors (Lipinski definition) is 3. The Morgan fingerprint density at radius 1 is 1.73 bits per heavy atom. The number of hydrazine groups is 1. The maximum absolute atomic E-state index is 11.5.